The third-order valence-corrected chi connectivity index (χ3v) is 2.22. The highest BCUT2D eigenvalue weighted by Gasteiger charge is 1.98. The van der Waals surface area contributed by atoms with E-state index in [4.69, 9.17) is 0 Å². The highest BCUT2D eigenvalue weighted by Crippen LogP contribution is 1.92. The van der Waals surface area contributed by atoms with E-state index in [0.717, 1.165) is 0 Å². The topological polar surface area (TPSA) is 23.1 Å². The second-order valence-corrected chi connectivity index (χ2v) is 3.34. The molecule has 0 aliphatic carbocycles. The molecule has 0 aliphatic rings. The standard InChI is InChI=1S/C5H11FOS/c1-2-8(7)5-3-4-6/h2-5H2,1H3. The third-order valence-electron chi connectivity index (χ3n) is 0.828. The molecule has 8 heavy (non-hydrogen) atoms. The minimum Gasteiger partial charge on any atom is -0.616 e. The monoisotopic (exact) mass is 138 g/mol. The first kappa shape index (κ1) is 8.24. The van der Waals surface area contributed by atoms with Gasteiger partial charge in [0.1, 0.15) is 11.5 Å². The average Bonchev–Trinajstić information content (AvgIpc) is 1.83. The van der Waals surface area contributed by atoms with Gasteiger partial charge in [0.25, 0.3) is 0 Å². The Balaban J connectivity index is 2.86. The van der Waals surface area contributed by atoms with Crippen LogP contribution in [-0.2, 0) is 11.2 Å². The van der Waals surface area contributed by atoms with Crippen LogP contribution in [0.25, 0.3) is 0 Å². The van der Waals surface area contributed by atoms with Crippen LogP contribution in [0.4, 0.5) is 4.39 Å². The summed E-state index contributed by atoms with van der Waals surface area (Å²) in [5.74, 6) is 1.17. The zero-order valence-corrected chi connectivity index (χ0v) is 5.84. The van der Waals surface area contributed by atoms with Crippen molar-refractivity contribution in [1.82, 2.24) is 0 Å². The van der Waals surface area contributed by atoms with E-state index < -0.39 is 11.2 Å². The maximum Gasteiger partial charge on any atom is 0.108 e. The second-order valence-electron chi connectivity index (χ2n) is 1.48. The van der Waals surface area contributed by atoms with Crippen molar-refractivity contribution in [1.29, 1.82) is 0 Å². The van der Waals surface area contributed by atoms with Gasteiger partial charge in [-0.1, -0.05) is 11.2 Å². The maximum atomic E-state index is 11.4. The van der Waals surface area contributed by atoms with Gasteiger partial charge in [-0.15, -0.1) is 0 Å². The van der Waals surface area contributed by atoms with Gasteiger partial charge >= 0.3 is 0 Å². The van der Waals surface area contributed by atoms with Crippen molar-refractivity contribution in [2.45, 2.75) is 13.3 Å². The van der Waals surface area contributed by atoms with Gasteiger partial charge in [-0.05, 0) is 6.92 Å². The van der Waals surface area contributed by atoms with Crippen LogP contribution in [0.2, 0.25) is 0 Å². The Morgan fingerprint density at radius 2 is 2.25 bits per heavy atom. The fourth-order valence-corrected chi connectivity index (χ4v) is 1.08. The molecule has 0 rings (SSSR count). The summed E-state index contributed by atoms with van der Waals surface area (Å²) in [5, 5.41) is 0. The third kappa shape index (κ3) is 4.40. The maximum absolute atomic E-state index is 11.4. The Morgan fingerprint density at radius 1 is 1.62 bits per heavy atom. The van der Waals surface area contributed by atoms with Crippen LogP contribution in [0.15, 0.2) is 0 Å². The number of hydrogen-bond acceptors (Lipinski definition) is 1. The minimum absolute atomic E-state index is 0.342. The van der Waals surface area contributed by atoms with Crippen LogP contribution >= 0.6 is 0 Å². The Kier molecular flexibility index (Phi) is 5.54. The molecule has 1 atom stereocenters. The van der Waals surface area contributed by atoms with Crippen molar-refractivity contribution in [3.8, 4) is 0 Å². The molecule has 0 N–H and O–H groups in total. The molecular weight excluding hydrogens is 127 g/mol. The van der Waals surface area contributed by atoms with E-state index in [1.54, 1.807) is 0 Å². The van der Waals surface area contributed by atoms with E-state index in [1.807, 2.05) is 6.92 Å². The van der Waals surface area contributed by atoms with E-state index in [-0.39, 0.29) is 6.67 Å². The molecule has 50 valence electrons. The molecular formula is C5H11FOS. The second kappa shape index (κ2) is 5.38. The molecule has 0 heterocycles. The van der Waals surface area contributed by atoms with E-state index in [9.17, 15) is 8.94 Å². The average molecular weight is 138 g/mol. The Labute approximate surface area is 52.5 Å². The summed E-state index contributed by atoms with van der Waals surface area (Å²) in [5.41, 5.74) is 0. The summed E-state index contributed by atoms with van der Waals surface area (Å²) in [6.07, 6.45) is 0.445. The quantitative estimate of drug-likeness (QED) is 0.534. The zero-order valence-electron chi connectivity index (χ0n) is 5.02. The summed E-state index contributed by atoms with van der Waals surface area (Å²) >= 11 is -0.767. The summed E-state index contributed by atoms with van der Waals surface area (Å²) < 4.78 is 21.9. The molecule has 1 nitrogen and oxygen atoms in total. The van der Waals surface area contributed by atoms with Crippen molar-refractivity contribution in [2.24, 2.45) is 0 Å². The first-order valence-electron chi connectivity index (χ1n) is 2.72. The van der Waals surface area contributed by atoms with E-state index >= 15 is 0 Å². The first-order valence-corrected chi connectivity index (χ1v) is 4.21. The molecule has 0 saturated carbocycles. The van der Waals surface area contributed by atoms with Crippen LogP contribution in [0.5, 0.6) is 0 Å². The fourth-order valence-electron chi connectivity index (χ4n) is 0.360. The highest BCUT2D eigenvalue weighted by molar-refractivity contribution is 7.91. The highest BCUT2D eigenvalue weighted by atomic mass is 32.2. The largest absolute Gasteiger partial charge is 0.616 e. The lowest BCUT2D eigenvalue weighted by Crippen LogP contribution is -2.08. The molecule has 0 aromatic rings. The van der Waals surface area contributed by atoms with Crippen molar-refractivity contribution in [2.75, 3.05) is 18.2 Å². The number of rotatable bonds is 4. The Morgan fingerprint density at radius 3 is 2.62 bits per heavy atom. The Bertz CT molecular complexity index is 51.7. The van der Waals surface area contributed by atoms with Gasteiger partial charge in [-0.25, -0.2) is 0 Å². The van der Waals surface area contributed by atoms with Gasteiger partial charge in [-0.2, -0.15) is 0 Å². The first-order chi connectivity index (χ1) is 3.81. The minimum atomic E-state index is -0.767. The predicted octanol–water partition coefficient (Wildman–Crippen LogP) is 1.11. The van der Waals surface area contributed by atoms with E-state index in [2.05, 4.69) is 0 Å². The van der Waals surface area contributed by atoms with Crippen molar-refractivity contribution in [3.05, 3.63) is 0 Å². The lowest BCUT2D eigenvalue weighted by Gasteiger charge is -2.04. The molecule has 0 fully saturated rings. The number of alkyl halides is 1. The summed E-state index contributed by atoms with van der Waals surface area (Å²) in [7, 11) is 0. The molecule has 0 amide bonds. The van der Waals surface area contributed by atoms with E-state index in [0.29, 0.717) is 17.9 Å². The zero-order chi connectivity index (χ0) is 6.41. The van der Waals surface area contributed by atoms with Crippen LogP contribution in [0.1, 0.15) is 13.3 Å². The molecule has 0 radical (unpaired) electrons. The van der Waals surface area contributed by atoms with Gasteiger partial charge in [0.2, 0.25) is 0 Å². The molecule has 0 aromatic carbocycles. The van der Waals surface area contributed by atoms with Crippen LogP contribution in [0, 0.1) is 0 Å². The van der Waals surface area contributed by atoms with Crippen molar-refractivity contribution >= 4 is 11.2 Å². The molecule has 3 heteroatoms. The van der Waals surface area contributed by atoms with Crippen molar-refractivity contribution < 1.29 is 8.94 Å². The van der Waals surface area contributed by atoms with Crippen molar-refractivity contribution in [3.63, 3.8) is 0 Å². The predicted molar refractivity (Wildman–Crippen MR) is 34.1 cm³/mol. The number of halogens is 1. The molecule has 1 unspecified atom stereocenters. The van der Waals surface area contributed by atoms with Crippen LogP contribution in [0.3, 0.4) is 0 Å². The van der Waals surface area contributed by atoms with Gasteiger partial charge in [0, 0.05) is 6.42 Å². The normalized spacial score (nSPS) is 13.9. The Hall–Kier alpha value is 0.240. The van der Waals surface area contributed by atoms with Gasteiger partial charge in [-0.3, -0.25) is 4.39 Å². The molecule has 0 bridgehead atoms. The molecule has 0 spiro atoms. The fraction of sp³-hybridized carbons (Fsp3) is 1.00. The van der Waals surface area contributed by atoms with Gasteiger partial charge in [0.05, 0.1) is 6.67 Å². The lowest BCUT2D eigenvalue weighted by molar-refractivity contribution is 0.484. The van der Waals surface area contributed by atoms with Crippen LogP contribution < -0.4 is 0 Å². The lowest BCUT2D eigenvalue weighted by atomic mass is 10.6. The summed E-state index contributed by atoms with van der Waals surface area (Å²) in [6.45, 7) is 1.50. The summed E-state index contributed by atoms with van der Waals surface area (Å²) in [6, 6.07) is 0. The number of hydrogen-bond donors (Lipinski definition) is 0. The smallest absolute Gasteiger partial charge is 0.108 e. The molecule has 0 saturated heterocycles. The van der Waals surface area contributed by atoms with Crippen LogP contribution in [-0.4, -0.2) is 22.7 Å². The van der Waals surface area contributed by atoms with Gasteiger partial charge < -0.3 is 4.55 Å². The van der Waals surface area contributed by atoms with E-state index in [1.165, 1.54) is 0 Å². The SMILES string of the molecule is CC[S+]([O-])CCCF. The molecule has 0 aliphatic heterocycles. The molecule has 0 aromatic heterocycles. The van der Waals surface area contributed by atoms with Gasteiger partial charge in [0.15, 0.2) is 0 Å². The summed E-state index contributed by atoms with van der Waals surface area (Å²) in [4.78, 5) is 0.